The summed E-state index contributed by atoms with van der Waals surface area (Å²) in [5, 5.41) is 3.30. The van der Waals surface area contributed by atoms with Gasteiger partial charge in [0.1, 0.15) is 0 Å². The normalized spacial score (nSPS) is 12.6. The highest BCUT2D eigenvalue weighted by molar-refractivity contribution is 9.10. The molecule has 0 radical (unpaired) electrons. The Kier molecular flexibility index (Phi) is 6.40. The van der Waals surface area contributed by atoms with Gasteiger partial charge in [-0.25, -0.2) is 8.42 Å². The maximum absolute atomic E-state index is 12.2. The second kappa shape index (κ2) is 8.11. The fourth-order valence-electron chi connectivity index (χ4n) is 1.91. The largest absolute Gasteiger partial charge is 0.351 e. The Morgan fingerprint density at radius 3 is 2.29 bits per heavy atom. The minimum absolute atomic E-state index is 0.100. The zero-order valence-corrected chi connectivity index (χ0v) is 16.0. The van der Waals surface area contributed by atoms with Gasteiger partial charge >= 0.3 is 0 Å². The predicted molar refractivity (Wildman–Crippen MR) is 97.2 cm³/mol. The van der Waals surface area contributed by atoms with E-state index in [4.69, 9.17) is 11.6 Å². The second-order valence-corrected chi connectivity index (χ2v) is 8.21. The van der Waals surface area contributed by atoms with Crippen LogP contribution in [0.4, 0.5) is 0 Å². The van der Waals surface area contributed by atoms with E-state index in [1.807, 2.05) is 0 Å². The number of hydrogen-bond acceptors (Lipinski definition) is 3. The Labute approximate surface area is 154 Å². The summed E-state index contributed by atoms with van der Waals surface area (Å²) in [5.74, 6) is -0.411. The maximum Gasteiger partial charge on any atom is 0.241 e. The molecule has 0 aromatic heterocycles. The fraction of sp³-hybridized carbons (Fsp3) is 0.188. The van der Waals surface area contributed by atoms with Crippen LogP contribution in [0.15, 0.2) is 57.9 Å². The van der Waals surface area contributed by atoms with Gasteiger partial charge in [-0.05, 0) is 48.9 Å². The van der Waals surface area contributed by atoms with E-state index in [1.54, 1.807) is 36.4 Å². The molecule has 0 fully saturated rings. The number of carbonyl (C=O) groups excluding carboxylic acids is 1. The van der Waals surface area contributed by atoms with E-state index in [2.05, 4.69) is 26.0 Å². The van der Waals surface area contributed by atoms with Crippen LogP contribution in [-0.2, 0) is 21.4 Å². The molecule has 0 saturated carbocycles. The van der Waals surface area contributed by atoms with E-state index in [1.165, 1.54) is 19.1 Å². The highest BCUT2D eigenvalue weighted by atomic mass is 79.9. The maximum atomic E-state index is 12.2. The summed E-state index contributed by atoms with van der Waals surface area (Å²) in [7, 11) is -3.76. The lowest BCUT2D eigenvalue weighted by Crippen LogP contribution is -2.44. The lowest BCUT2D eigenvalue weighted by Gasteiger charge is -2.14. The van der Waals surface area contributed by atoms with Crippen molar-refractivity contribution < 1.29 is 13.2 Å². The van der Waals surface area contributed by atoms with Crippen molar-refractivity contribution in [2.75, 3.05) is 0 Å². The van der Waals surface area contributed by atoms with Gasteiger partial charge in [-0.3, -0.25) is 4.79 Å². The van der Waals surface area contributed by atoms with Crippen LogP contribution in [0.25, 0.3) is 0 Å². The summed E-state index contributed by atoms with van der Waals surface area (Å²) in [6.45, 7) is 1.79. The number of amides is 1. The van der Waals surface area contributed by atoms with Crippen molar-refractivity contribution in [1.29, 1.82) is 0 Å². The van der Waals surface area contributed by atoms with Gasteiger partial charge < -0.3 is 5.32 Å². The second-order valence-electron chi connectivity index (χ2n) is 5.14. The number of nitrogens with one attached hydrogen (secondary N) is 2. The molecule has 24 heavy (non-hydrogen) atoms. The molecule has 5 nitrogen and oxygen atoms in total. The van der Waals surface area contributed by atoms with E-state index in [9.17, 15) is 13.2 Å². The average Bonchev–Trinajstić information content (AvgIpc) is 2.54. The summed E-state index contributed by atoms with van der Waals surface area (Å²) in [5.41, 5.74) is 0.871. The van der Waals surface area contributed by atoms with Gasteiger partial charge in [0.15, 0.2) is 0 Å². The van der Waals surface area contributed by atoms with Crippen molar-refractivity contribution in [2.45, 2.75) is 24.4 Å². The molecule has 2 N–H and O–H groups in total. The fourth-order valence-corrected chi connectivity index (χ4v) is 3.51. The van der Waals surface area contributed by atoms with E-state index in [0.717, 1.165) is 10.0 Å². The van der Waals surface area contributed by atoms with Crippen molar-refractivity contribution in [3.05, 3.63) is 63.6 Å². The molecule has 2 aromatic carbocycles. The highest BCUT2D eigenvalue weighted by Crippen LogP contribution is 2.15. The van der Waals surface area contributed by atoms with Crippen LogP contribution in [0, 0.1) is 0 Å². The molecule has 0 aliphatic carbocycles. The summed E-state index contributed by atoms with van der Waals surface area (Å²) in [6.07, 6.45) is 0. The minimum atomic E-state index is -3.76. The van der Waals surface area contributed by atoms with Crippen molar-refractivity contribution in [1.82, 2.24) is 10.0 Å². The molecule has 0 bridgehead atoms. The standard InChI is InChI=1S/C16H16BrClN2O3S/c1-11(16(21)19-10-12-2-6-14(18)7-3-12)20-24(22,23)15-8-4-13(17)5-9-15/h2-9,11,20H,10H2,1H3,(H,19,21)/t11-/m1/s1. The third-order valence-corrected chi connectivity index (χ3v) is 5.57. The quantitative estimate of drug-likeness (QED) is 0.738. The molecule has 0 spiro atoms. The van der Waals surface area contributed by atoms with Crippen molar-refractivity contribution in [3.63, 3.8) is 0 Å². The Morgan fingerprint density at radius 1 is 1.12 bits per heavy atom. The van der Waals surface area contributed by atoms with Gasteiger partial charge in [0.2, 0.25) is 15.9 Å². The first-order valence-corrected chi connectivity index (χ1v) is 9.73. The summed E-state index contributed by atoms with van der Waals surface area (Å²) in [4.78, 5) is 12.2. The van der Waals surface area contributed by atoms with Crippen LogP contribution in [0.2, 0.25) is 5.02 Å². The number of rotatable bonds is 6. The molecule has 8 heteroatoms. The van der Waals surface area contributed by atoms with Gasteiger partial charge in [-0.15, -0.1) is 0 Å². The number of benzene rings is 2. The molecular weight excluding hydrogens is 416 g/mol. The molecule has 2 rings (SSSR count). The highest BCUT2D eigenvalue weighted by Gasteiger charge is 2.21. The van der Waals surface area contributed by atoms with Crippen LogP contribution < -0.4 is 10.0 Å². The number of carbonyl (C=O) groups is 1. The van der Waals surface area contributed by atoms with Gasteiger partial charge in [0.25, 0.3) is 0 Å². The number of sulfonamides is 1. The summed E-state index contributed by atoms with van der Waals surface area (Å²) < 4.78 is 27.6. The third kappa shape index (κ3) is 5.31. The van der Waals surface area contributed by atoms with Crippen molar-refractivity contribution in [2.24, 2.45) is 0 Å². The van der Waals surface area contributed by atoms with E-state index in [-0.39, 0.29) is 4.90 Å². The lowest BCUT2D eigenvalue weighted by molar-refractivity contribution is -0.122. The molecule has 0 heterocycles. The van der Waals surface area contributed by atoms with Crippen LogP contribution >= 0.6 is 27.5 Å². The van der Waals surface area contributed by atoms with Gasteiger partial charge in [-0.2, -0.15) is 4.72 Å². The molecule has 1 atom stereocenters. The zero-order valence-electron chi connectivity index (χ0n) is 12.8. The van der Waals surface area contributed by atoms with Gasteiger partial charge in [-0.1, -0.05) is 39.7 Å². The monoisotopic (exact) mass is 430 g/mol. The smallest absolute Gasteiger partial charge is 0.241 e. The van der Waals surface area contributed by atoms with Crippen LogP contribution in [-0.4, -0.2) is 20.4 Å². The van der Waals surface area contributed by atoms with E-state index >= 15 is 0 Å². The van der Waals surface area contributed by atoms with Crippen LogP contribution in [0.5, 0.6) is 0 Å². The molecule has 0 unspecified atom stereocenters. The molecule has 0 aliphatic heterocycles. The van der Waals surface area contributed by atoms with Crippen molar-refractivity contribution >= 4 is 43.5 Å². The molecule has 1 amide bonds. The molecule has 128 valence electrons. The van der Waals surface area contributed by atoms with Crippen LogP contribution in [0.3, 0.4) is 0 Å². The number of halogens is 2. The first kappa shape index (κ1) is 18.9. The zero-order chi connectivity index (χ0) is 17.7. The molecule has 0 aliphatic rings. The minimum Gasteiger partial charge on any atom is -0.351 e. The first-order chi connectivity index (χ1) is 11.3. The van der Waals surface area contributed by atoms with Crippen molar-refractivity contribution in [3.8, 4) is 0 Å². The molecular formula is C16H16BrClN2O3S. The van der Waals surface area contributed by atoms with E-state index in [0.29, 0.717) is 11.6 Å². The Bertz CT molecular complexity index is 808. The Morgan fingerprint density at radius 2 is 1.71 bits per heavy atom. The predicted octanol–water partition coefficient (Wildman–Crippen LogP) is 3.09. The van der Waals surface area contributed by atoms with Crippen LogP contribution in [0.1, 0.15) is 12.5 Å². The molecule has 2 aromatic rings. The SMILES string of the molecule is C[C@@H](NS(=O)(=O)c1ccc(Br)cc1)C(=O)NCc1ccc(Cl)cc1. The third-order valence-electron chi connectivity index (χ3n) is 3.23. The molecule has 0 saturated heterocycles. The average molecular weight is 432 g/mol. The van der Waals surface area contributed by atoms with E-state index < -0.39 is 22.0 Å². The summed E-state index contributed by atoms with van der Waals surface area (Å²) >= 11 is 9.04. The summed E-state index contributed by atoms with van der Waals surface area (Å²) in [6, 6.07) is 12.3. The first-order valence-electron chi connectivity index (χ1n) is 7.08. The number of hydrogen-bond donors (Lipinski definition) is 2. The Balaban J connectivity index is 1.95. The lowest BCUT2D eigenvalue weighted by atomic mass is 10.2. The topological polar surface area (TPSA) is 75.3 Å². The van der Waals surface area contributed by atoms with Gasteiger partial charge in [0, 0.05) is 16.0 Å². The Hall–Kier alpha value is -1.41. The van der Waals surface area contributed by atoms with Gasteiger partial charge in [0.05, 0.1) is 10.9 Å².